The zero-order valence-corrected chi connectivity index (χ0v) is 8.99. The van der Waals surface area contributed by atoms with E-state index in [4.69, 9.17) is 11.6 Å². The lowest BCUT2D eigenvalue weighted by atomic mass is 10.2. The molecule has 2 rings (SSSR count). The first-order valence-electron chi connectivity index (χ1n) is 4.54. The average Bonchev–Trinajstić information content (AvgIpc) is 2.29. The number of anilines is 1. The van der Waals surface area contributed by atoms with E-state index in [1.807, 2.05) is 25.2 Å². The van der Waals surface area contributed by atoms with Crippen LogP contribution in [0.25, 0.3) is 11.3 Å². The summed E-state index contributed by atoms with van der Waals surface area (Å²) in [6, 6.07) is 5.73. The normalized spacial score (nSPS) is 10.0. The fourth-order valence-electron chi connectivity index (χ4n) is 1.26. The summed E-state index contributed by atoms with van der Waals surface area (Å²) in [7, 11) is 1.86. The number of nitrogens with one attached hydrogen (secondary N) is 1. The number of rotatable bonds is 2. The highest BCUT2D eigenvalue weighted by Gasteiger charge is 2.00. The van der Waals surface area contributed by atoms with Crippen LogP contribution in [-0.4, -0.2) is 17.0 Å². The highest BCUT2D eigenvalue weighted by molar-refractivity contribution is 6.30. The SMILES string of the molecule is CNc1ccc(-c2cncc(Cl)c2)nc1. The van der Waals surface area contributed by atoms with Gasteiger partial charge in [0.1, 0.15) is 0 Å². The lowest BCUT2D eigenvalue weighted by Crippen LogP contribution is -1.90. The quantitative estimate of drug-likeness (QED) is 0.844. The van der Waals surface area contributed by atoms with Gasteiger partial charge in [-0.25, -0.2) is 0 Å². The molecule has 0 unspecified atom stereocenters. The van der Waals surface area contributed by atoms with Gasteiger partial charge in [-0.1, -0.05) is 11.6 Å². The topological polar surface area (TPSA) is 37.8 Å². The summed E-state index contributed by atoms with van der Waals surface area (Å²) >= 11 is 5.85. The van der Waals surface area contributed by atoms with Gasteiger partial charge in [-0.15, -0.1) is 0 Å². The van der Waals surface area contributed by atoms with Crippen molar-refractivity contribution in [1.29, 1.82) is 0 Å². The van der Waals surface area contributed by atoms with E-state index in [2.05, 4.69) is 15.3 Å². The van der Waals surface area contributed by atoms with Crippen molar-refractivity contribution in [2.45, 2.75) is 0 Å². The van der Waals surface area contributed by atoms with Gasteiger partial charge in [0, 0.05) is 25.0 Å². The van der Waals surface area contributed by atoms with Crippen molar-refractivity contribution in [2.24, 2.45) is 0 Å². The van der Waals surface area contributed by atoms with Crippen LogP contribution in [0, 0.1) is 0 Å². The monoisotopic (exact) mass is 219 g/mol. The first-order valence-corrected chi connectivity index (χ1v) is 4.92. The Hall–Kier alpha value is -1.61. The molecule has 0 aliphatic rings. The zero-order valence-electron chi connectivity index (χ0n) is 8.24. The maximum atomic E-state index is 5.85. The molecule has 76 valence electrons. The number of pyridine rings is 2. The molecule has 0 saturated carbocycles. The second-order valence-corrected chi connectivity index (χ2v) is 3.51. The molecule has 2 aromatic rings. The van der Waals surface area contributed by atoms with Crippen LogP contribution < -0.4 is 5.32 Å². The third kappa shape index (κ3) is 2.25. The Bertz CT molecular complexity index is 454. The van der Waals surface area contributed by atoms with Crippen LogP contribution in [0.2, 0.25) is 5.02 Å². The van der Waals surface area contributed by atoms with E-state index in [0.29, 0.717) is 5.02 Å². The minimum absolute atomic E-state index is 0.618. The fourth-order valence-corrected chi connectivity index (χ4v) is 1.44. The fraction of sp³-hybridized carbons (Fsp3) is 0.0909. The summed E-state index contributed by atoms with van der Waals surface area (Å²) in [5.41, 5.74) is 2.77. The Labute approximate surface area is 93.1 Å². The van der Waals surface area contributed by atoms with Crippen LogP contribution in [0.15, 0.2) is 36.8 Å². The maximum absolute atomic E-state index is 5.85. The van der Waals surface area contributed by atoms with Gasteiger partial charge in [0.2, 0.25) is 0 Å². The first-order chi connectivity index (χ1) is 7.29. The minimum atomic E-state index is 0.618. The Morgan fingerprint density at radius 1 is 1.20 bits per heavy atom. The van der Waals surface area contributed by atoms with E-state index in [9.17, 15) is 0 Å². The smallest absolute Gasteiger partial charge is 0.0719 e. The Balaban J connectivity index is 2.37. The molecule has 0 amide bonds. The Morgan fingerprint density at radius 3 is 2.67 bits per heavy atom. The summed E-state index contributed by atoms with van der Waals surface area (Å²) in [6.45, 7) is 0. The van der Waals surface area contributed by atoms with Crippen molar-refractivity contribution >= 4 is 17.3 Å². The van der Waals surface area contributed by atoms with Gasteiger partial charge in [-0.2, -0.15) is 0 Å². The van der Waals surface area contributed by atoms with Gasteiger partial charge >= 0.3 is 0 Å². The lowest BCUT2D eigenvalue weighted by Gasteiger charge is -2.02. The highest BCUT2D eigenvalue weighted by atomic mass is 35.5. The molecule has 0 bridgehead atoms. The molecule has 0 saturated heterocycles. The van der Waals surface area contributed by atoms with E-state index in [0.717, 1.165) is 16.9 Å². The van der Waals surface area contributed by atoms with Crippen molar-refractivity contribution < 1.29 is 0 Å². The Kier molecular flexibility index (Phi) is 2.83. The number of hydrogen-bond acceptors (Lipinski definition) is 3. The molecule has 2 heterocycles. The van der Waals surface area contributed by atoms with Crippen LogP contribution in [-0.2, 0) is 0 Å². The van der Waals surface area contributed by atoms with E-state index in [-0.39, 0.29) is 0 Å². The van der Waals surface area contributed by atoms with Gasteiger partial charge in [0.05, 0.1) is 22.6 Å². The van der Waals surface area contributed by atoms with Crippen molar-refractivity contribution in [3.05, 3.63) is 41.8 Å². The van der Waals surface area contributed by atoms with Gasteiger partial charge in [-0.05, 0) is 18.2 Å². The summed E-state index contributed by atoms with van der Waals surface area (Å²) in [4.78, 5) is 8.32. The molecule has 4 heteroatoms. The molecular formula is C11H10ClN3. The number of aromatic nitrogens is 2. The molecule has 0 radical (unpaired) electrons. The molecule has 15 heavy (non-hydrogen) atoms. The number of nitrogens with zero attached hydrogens (tertiary/aromatic N) is 2. The maximum Gasteiger partial charge on any atom is 0.0719 e. The van der Waals surface area contributed by atoms with Crippen LogP contribution in [0.4, 0.5) is 5.69 Å². The summed E-state index contributed by atoms with van der Waals surface area (Å²) in [5.74, 6) is 0. The molecule has 0 aliphatic heterocycles. The minimum Gasteiger partial charge on any atom is -0.387 e. The van der Waals surface area contributed by atoms with E-state index in [1.165, 1.54) is 0 Å². The molecule has 0 aromatic carbocycles. The second kappa shape index (κ2) is 4.28. The van der Waals surface area contributed by atoms with Crippen molar-refractivity contribution in [1.82, 2.24) is 9.97 Å². The van der Waals surface area contributed by atoms with E-state index in [1.54, 1.807) is 18.6 Å². The summed E-state index contributed by atoms with van der Waals surface area (Å²) in [5, 5.41) is 3.63. The second-order valence-electron chi connectivity index (χ2n) is 3.07. The van der Waals surface area contributed by atoms with Crippen molar-refractivity contribution in [3.63, 3.8) is 0 Å². The predicted octanol–water partition coefficient (Wildman–Crippen LogP) is 2.84. The van der Waals surface area contributed by atoms with Crippen molar-refractivity contribution in [3.8, 4) is 11.3 Å². The Morgan fingerprint density at radius 2 is 2.07 bits per heavy atom. The lowest BCUT2D eigenvalue weighted by molar-refractivity contribution is 1.27. The van der Waals surface area contributed by atoms with Crippen LogP contribution >= 0.6 is 11.6 Å². The van der Waals surface area contributed by atoms with Crippen LogP contribution in [0.3, 0.4) is 0 Å². The molecule has 0 aliphatic carbocycles. The van der Waals surface area contributed by atoms with Gasteiger partial charge in [-0.3, -0.25) is 9.97 Å². The van der Waals surface area contributed by atoms with E-state index >= 15 is 0 Å². The van der Waals surface area contributed by atoms with Crippen molar-refractivity contribution in [2.75, 3.05) is 12.4 Å². The van der Waals surface area contributed by atoms with Crippen LogP contribution in [0.5, 0.6) is 0 Å². The molecular weight excluding hydrogens is 210 g/mol. The summed E-state index contributed by atoms with van der Waals surface area (Å²) < 4.78 is 0. The molecule has 0 atom stereocenters. The molecule has 1 N–H and O–H groups in total. The third-order valence-electron chi connectivity index (χ3n) is 2.05. The van der Waals surface area contributed by atoms with Gasteiger partial charge < -0.3 is 5.32 Å². The summed E-state index contributed by atoms with van der Waals surface area (Å²) in [6.07, 6.45) is 5.12. The molecule has 2 aromatic heterocycles. The van der Waals surface area contributed by atoms with Crippen LogP contribution in [0.1, 0.15) is 0 Å². The molecule has 3 nitrogen and oxygen atoms in total. The van der Waals surface area contributed by atoms with E-state index < -0.39 is 0 Å². The standard InChI is InChI=1S/C11H10ClN3/c1-13-10-2-3-11(15-7-10)8-4-9(12)6-14-5-8/h2-7,13H,1H3. The first kappa shape index (κ1) is 9.93. The largest absolute Gasteiger partial charge is 0.387 e. The highest BCUT2D eigenvalue weighted by Crippen LogP contribution is 2.20. The third-order valence-corrected chi connectivity index (χ3v) is 2.26. The average molecular weight is 220 g/mol. The van der Waals surface area contributed by atoms with Gasteiger partial charge in [0.25, 0.3) is 0 Å². The number of halogens is 1. The zero-order chi connectivity index (χ0) is 10.7. The van der Waals surface area contributed by atoms with Gasteiger partial charge in [0.15, 0.2) is 0 Å². The predicted molar refractivity (Wildman–Crippen MR) is 62.0 cm³/mol. The molecule has 0 fully saturated rings. The molecule has 0 spiro atoms. The number of hydrogen-bond donors (Lipinski definition) is 1.